The summed E-state index contributed by atoms with van der Waals surface area (Å²) in [6, 6.07) is 5.32. The second-order valence-corrected chi connectivity index (χ2v) is 10.2. The third-order valence-corrected chi connectivity index (χ3v) is 7.92. The van der Waals surface area contributed by atoms with E-state index in [1.54, 1.807) is 17.7 Å². The molecule has 1 atom stereocenters. The van der Waals surface area contributed by atoms with Crippen LogP contribution in [0.5, 0.6) is 0 Å². The fourth-order valence-corrected chi connectivity index (χ4v) is 5.88. The first kappa shape index (κ1) is 24.8. The highest BCUT2D eigenvalue weighted by atomic mass is 19.4. The van der Waals surface area contributed by atoms with Crippen molar-refractivity contribution in [2.45, 2.75) is 81.0 Å². The number of alkyl halides is 6. The van der Waals surface area contributed by atoms with Gasteiger partial charge in [0.25, 0.3) is 0 Å². The molecule has 0 radical (unpaired) electrons. The average molecular weight is 513 g/mol. The number of aromatic nitrogens is 5. The molecular weight excluding hydrogens is 488 g/mol. The lowest BCUT2D eigenvalue weighted by Gasteiger charge is -2.51. The molecule has 2 bridgehead atoms. The molecule has 12 heteroatoms. The molecule has 2 aromatic heterocycles. The highest BCUT2D eigenvalue weighted by Crippen LogP contribution is 2.58. The van der Waals surface area contributed by atoms with Crippen LogP contribution >= 0.6 is 0 Å². The van der Waals surface area contributed by atoms with Gasteiger partial charge in [0.05, 0.1) is 12.0 Å². The Morgan fingerprint density at radius 1 is 0.889 bits per heavy atom. The molecule has 1 unspecified atom stereocenters. The molecule has 3 saturated carbocycles. The predicted octanol–water partition coefficient (Wildman–Crippen LogP) is 6.48. The molecule has 6 rings (SSSR count). The molecule has 0 N–H and O–H groups in total. The van der Waals surface area contributed by atoms with E-state index >= 15 is 0 Å². The van der Waals surface area contributed by atoms with Crippen LogP contribution in [0.15, 0.2) is 28.7 Å². The largest absolute Gasteiger partial charge is 0.424 e. The molecule has 0 amide bonds. The van der Waals surface area contributed by atoms with Gasteiger partial charge >= 0.3 is 12.4 Å². The van der Waals surface area contributed by atoms with Crippen LogP contribution in [0.4, 0.5) is 26.3 Å². The average Bonchev–Trinajstić information content (AvgIpc) is 3.47. The molecule has 3 aromatic rings. The van der Waals surface area contributed by atoms with Crippen molar-refractivity contribution in [3.63, 3.8) is 0 Å². The molecular formula is C24H25F6N5O. The van der Waals surface area contributed by atoms with E-state index in [-0.39, 0.29) is 22.7 Å². The van der Waals surface area contributed by atoms with Gasteiger partial charge in [0.1, 0.15) is 5.82 Å². The lowest BCUT2D eigenvalue weighted by Crippen LogP contribution is -2.47. The van der Waals surface area contributed by atoms with Gasteiger partial charge in [-0.2, -0.15) is 26.3 Å². The molecule has 3 aliphatic carbocycles. The Labute approximate surface area is 203 Å². The van der Waals surface area contributed by atoms with Crippen molar-refractivity contribution in [2.24, 2.45) is 7.05 Å². The summed E-state index contributed by atoms with van der Waals surface area (Å²) in [5, 5.41) is 16.5. The van der Waals surface area contributed by atoms with E-state index in [2.05, 4.69) is 20.4 Å². The van der Waals surface area contributed by atoms with Crippen LogP contribution in [0.2, 0.25) is 0 Å². The summed E-state index contributed by atoms with van der Waals surface area (Å²) < 4.78 is 86.5. The van der Waals surface area contributed by atoms with Crippen molar-refractivity contribution in [1.82, 2.24) is 25.0 Å². The van der Waals surface area contributed by atoms with Gasteiger partial charge in [0, 0.05) is 29.4 Å². The Morgan fingerprint density at radius 3 is 2.11 bits per heavy atom. The standard InChI is InChI=1S/C24H25F6N5O/c1-14(13-23(25,26)27)18-32-34-20(36-18)22-10-7-21(8-11-22,9-12-22)19-33-31-17(35(19)2)15-5-3-4-6-16(15)24(28,29)30/h3-6,14H,7-13H2,1-2H3. The topological polar surface area (TPSA) is 69.6 Å². The van der Waals surface area contributed by atoms with E-state index in [1.807, 2.05) is 0 Å². The smallest absolute Gasteiger partial charge is 0.417 e. The number of nitrogens with zero attached hydrogens (tertiary/aromatic N) is 5. The lowest BCUT2D eigenvalue weighted by molar-refractivity contribution is -0.139. The summed E-state index contributed by atoms with van der Waals surface area (Å²) >= 11 is 0. The van der Waals surface area contributed by atoms with E-state index in [9.17, 15) is 26.3 Å². The molecule has 3 aliphatic rings. The summed E-state index contributed by atoms with van der Waals surface area (Å²) in [5.41, 5.74) is -1.53. The minimum absolute atomic E-state index is 0.0135. The van der Waals surface area contributed by atoms with Crippen molar-refractivity contribution >= 4 is 0 Å². The zero-order valence-electron chi connectivity index (χ0n) is 19.7. The van der Waals surface area contributed by atoms with Crippen LogP contribution in [-0.2, 0) is 24.1 Å². The zero-order chi connectivity index (χ0) is 25.9. The SMILES string of the molecule is CC(CC(F)(F)F)c1nnc(C23CCC(c4nnc(-c5ccccc5C(F)(F)F)n4C)(CC2)CC3)o1. The van der Waals surface area contributed by atoms with Crippen molar-refractivity contribution in [3.8, 4) is 11.4 Å². The van der Waals surface area contributed by atoms with Gasteiger partial charge in [-0.3, -0.25) is 0 Å². The quantitative estimate of drug-likeness (QED) is 0.365. The summed E-state index contributed by atoms with van der Waals surface area (Å²) in [4.78, 5) is 0. The summed E-state index contributed by atoms with van der Waals surface area (Å²) in [5.74, 6) is 0.242. The van der Waals surface area contributed by atoms with Gasteiger partial charge in [0.2, 0.25) is 11.8 Å². The van der Waals surface area contributed by atoms with Crippen molar-refractivity contribution < 1.29 is 30.8 Å². The molecule has 0 spiro atoms. The van der Waals surface area contributed by atoms with Crippen LogP contribution in [0.25, 0.3) is 11.4 Å². The van der Waals surface area contributed by atoms with Crippen LogP contribution < -0.4 is 0 Å². The first-order valence-electron chi connectivity index (χ1n) is 11.8. The Bertz CT molecular complexity index is 1240. The predicted molar refractivity (Wildman–Crippen MR) is 116 cm³/mol. The van der Waals surface area contributed by atoms with Gasteiger partial charge in [-0.25, -0.2) is 0 Å². The van der Waals surface area contributed by atoms with Crippen LogP contribution in [0, 0.1) is 0 Å². The fraction of sp³-hybridized carbons (Fsp3) is 0.583. The van der Waals surface area contributed by atoms with E-state index in [4.69, 9.17) is 4.42 Å². The molecule has 0 saturated heterocycles. The second-order valence-electron chi connectivity index (χ2n) is 10.2. The highest BCUT2D eigenvalue weighted by molar-refractivity contribution is 5.61. The van der Waals surface area contributed by atoms with Gasteiger partial charge in [-0.15, -0.1) is 20.4 Å². The number of hydrogen-bond acceptors (Lipinski definition) is 5. The first-order valence-corrected chi connectivity index (χ1v) is 11.8. The van der Waals surface area contributed by atoms with Gasteiger partial charge in [-0.05, 0) is 44.6 Å². The summed E-state index contributed by atoms with van der Waals surface area (Å²) in [7, 11) is 1.69. The van der Waals surface area contributed by atoms with Gasteiger partial charge in [-0.1, -0.05) is 25.1 Å². The van der Waals surface area contributed by atoms with E-state index in [0.29, 0.717) is 50.2 Å². The molecule has 2 heterocycles. The van der Waals surface area contributed by atoms with E-state index in [1.165, 1.54) is 19.1 Å². The number of fused-ring (bicyclic) bond motifs is 3. The maximum Gasteiger partial charge on any atom is 0.417 e. The minimum atomic E-state index is -4.52. The van der Waals surface area contributed by atoms with Gasteiger partial charge < -0.3 is 8.98 Å². The Balaban J connectivity index is 1.38. The Hall–Kier alpha value is -2.92. The fourth-order valence-electron chi connectivity index (χ4n) is 5.88. The third-order valence-electron chi connectivity index (χ3n) is 7.92. The summed E-state index contributed by atoms with van der Waals surface area (Å²) in [6.07, 6.45) is -5.79. The maximum absolute atomic E-state index is 13.6. The molecule has 1 aromatic carbocycles. The van der Waals surface area contributed by atoms with E-state index < -0.39 is 35.7 Å². The van der Waals surface area contributed by atoms with Crippen LogP contribution in [0.1, 0.15) is 81.0 Å². The molecule has 194 valence electrons. The van der Waals surface area contributed by atoms with Crippen LogP contribution in [-0.4, -0.2) is 31.1 Å². The number of hydrogen-bond donors (Lipinski definition) is 0. The third kappa shape index (κ3) is 4.17. The minimum Gasteiger partial charge on any atom is -0.424 e. The van der Waals surface area contributed by atoms with Gasteiger partial charge in [0.15, 0.2) is 5.82 Å². The molecule has 6 nitrogen and oxygen atoms in total. The number of benzene rings is 1. The van der Waals surface area contributed by atoms with Crippen LogP contribution in [0.3, 0.4) is 0 Å². The maximum atomic E-state index is 13.6. The zero-order valence-corrected chi connectivity index (χ0v) is 19.7. The Morgan fingerprint density at radius 2 is 1.50 bits per heavy atom. The lowest BCUT2D eigenvalue weighted by atomic mass is 9.53. The van der Waals surface area contributed by atoms with Crippen molar-refractivity contribution in [1.29, 1.82) is 0 Å². The number of halogens is 6. The normalized spacial score (nSPS) is 25.3. The molecule has 3 fully saturated rings. The molecule has 36 heavy (non-hydrogen) atoms. The first-order chi connectivity index (χ1) is 16.8. The summed E-state index contributed by atoms with van der Waals surface area (Å²) in [6.45, 7) is 1.41. The second kappa shape index (κ2) is 8.31. The van der Waals surface area contributed by atoms with Crippen molar-refractivity contribution in [2.75, 3.05) is 0 Å². The van der Waals surface area contributed by atoms with Crippen molar-refractivity contribution in [3.05, 3.63) is 47.4 Å². The molecule has 0 aliphatic heterocycles. The Kier molecular flexibility index (Phi) is 5.71. The van der Waals surface area contributed by atoms with E-state index in [0.717, 1.165) is 6.07 Å². The number of rotatable bonds is 5. The monoisotopic (exact) mass is 513 g/mol. The highest BCUT2D eigenvalue weighted by Gasteiger charge is 2.54.